The van der Waals surface area contributed by atoms with Gasteiger partial charge in [-0.25, -0.2) is 4.39 Å². The van der Waals surface area contributed by atoms with Crippen LogP contribution in [0.25, 0.3) is 6.08 Å². The average molecular weight is 216 g/mol. The van der Waals surface area contributed by atoms with Gasteiger partial charge in [0.2, 0.25) is 0 Å². The molecule has 0 fully saturated rings. The summed E-state index contributed by atoms with van der Waals surface area (Å²) >= 11 is 5.66. The van der Waals surface area contributed by atoms with Crippen LogP contribution in [0.3, 0.4) is 0 Å². The van der Waals surface area contributed by atoms with Crippen molar-refractivity contribution < 1.29 is 9.50 Å². The van der Waals surface area contributed by atoms with E-state index in [0.29, 0.717) is 17.0 Å². The van der Waals surface area contributed by atoms with Gasteiger partial charge >= 0.3 is 0 Å². The van der Waals surface area contributed by atoms with Gasteiger partial charge in [-0.2, -0.15) is 0 Å². The van der Waals surface area contributed by atoms with Crippen LogP contribution in [0.2, 0.25) is 5.02 Å². The number of aliphatic hydroxyl groups excluding tert-OH is 1. The van der Waals surface area contributed by atoms with E-state index in [1.165, 1.54) is 6.07 Å². The van der Waals surface area contributed by atoms with Crippen molar-refractivity contribution in [2.75, 3.05) is 12.3 Å². The Morgan fingerprint density at radius 1 is 1.50 bits per heavy atom. The lowest BCUT2D eigenvalue weighted by molar-refractivity contribution is 0.303. The van der Waals surface area contributed by atoms with Gasteiger partial charge in [0.1, 0.15) is 5.82 Å². The highest BCUT2D eigenvalue weighted by atomic mass is 35.5. The van der Waals surface area contributed by atoms with Crippen molar-refractivity contribution in [3.63, 3.8) is 0 Å². The molecule has 0 spiro atoms. The van der Waals surface area contributed by atoms with Crippen LogP contribution in [-0.4, -0.2) is 11.7 Å². The van der Waals surface area contributed by atoms with Crippen molar-refractivity contribution in [2.45, 2.75) is 6.42 Å². The molecular weight excluding hydrogens is 205 g/mol. The summed E-state index contributed by atoms with van der Waals surface area (Å²) in [6.07, 6.45) is 3.86. The summed E-state index contributed by atoms with van der Waals surface area (Å²) < 4.78 is 13.1. The van der Waals surface area contributed by atoms with E-state index in [4.69, 9.17) is 22.4 Å². The minimum atomic E-state index is -0.527. The maximum Gasteiger partial charge on any atom is 0.148 e. The number of hydrogen-bond acceptors (Lipinski definition) is 2. The van der Waals surface area contributed by atoms with Crippen molar-refractivity contribution in [1.82, 2.24) is 0 Å². The molecule has 0 amide bonds. The first-order valence-electron chi connectivity index (χ1n) is 4.17. The van der Waals surface area contributed by atoms with Gasteiger partial charge in [0.05, 0.1) is 5.69 Å². The molecule has 0 heterocycles. The molecule has 1 rings (SSSR count). The predicted octanol–water partition coefficient (Wildman–Crippen LogP) is 2.46. The van der Waals surface area contributed by atoms with Gasteiger partial charge in [-0.15, -0.1) is 0 Å². The highest BCUT2D eigenvalue weighted by Crippen LogP contribution is 2.23. The highest BCUT2D eigenvalue weighted by molar-refractivity contribution is 6.30. The molecule has 0 aliphatic carbocycles. The van der Waals surface area contributed by atoms with Crippen molar-refractivity contribution in [1.29, 1.82) is 0 Å². The van der Waals surface area contributed by atoms with Gasteiger partial charge in [0.15, 0.2) is 0 Å². The molecule has 0 saturated heterocycles. The van der Waals surface area contributed by atoms with E-state index in [-0.39, 0.29) is 12.3 Å². The van der Waals surface area contributed by atoms with E-state index in [9.17, 15) is 4.39 Å². The molecule has 0 aliphatic rings. The summed E-state index contributed by atoms with van der Waals surface area (Å²) in [5, 5.41) is 8.85. The molecule has 0 radical (unpaired) electrons. The van der Waals surface area contributed by atoms with Crippen LogP contribution < -0.4 is 5.73 Å². The summed E-state index contributed by atoms with van der Waals surface area (Å²) in [6.45, 7) is 0.0550. The summed E-state index contributed by atoms with van der Waals surface area (Å²) in [5.41, 5.74) is 6.09. The Bertz CT molecular complexity index is 352. The SMILES string of the molecule is Nc1c(F)cc(Cl)cc1C=CCCO. The molecule has 1 aromatic rings. The first kappa shape index (κ1) is 11.0. The van der Waals surface area contributed by atoms with Gasteiger partial charge in [-0.3, -0.25) is 0 Å². The van der Waals surface area contributed by atoms with E-state index in [2.05, 4.69) is 0 Å². The van der Waals surface area contributed by atoms with E-state index in [1.54, 1.807) is 18.2 Å². The van der Waals surface area contributed by atoms with Crippen LogP contribution in [0, 0.1) is 5.82 Å². The minimum absolute atomic E-state index is 0.0550. The predicted molar refractivity (Wildman–Crippen MR) is 56.6 cm³/mol. The molecule has 0 unspecified atom stereocenters. The molecule has 0 aromatic heterocycles. The first-order valence-corrected chi connectivity index (χ1v) is 4.55. The van der Waals surface area contributed by atoms with Crippen molar-refractivity contribution >= 4 is 23.4 Å². The molecule has 0 atom stereocenters. The van der Waals surface area contributed by atoms with Crippen LogP contribution in [0.1, 0.15) is 12.0 Å². The van der Waals surface area contributed by atoms with Gasteiger partial charge in [-0.05, 0) is 18.6 Å². The fourth-order valence-electron chi connectivity index (χ4n) is 1.03. The second-order valence-corrected chi connectivity index (χ2v) is 3.24. The second-order valence-electron chi connectivity index (χ2n) is 2.81. The Morgan fingerprint density at radius 2 is 2.21 bits per heavy atom. The van der Waals surface area contributed by atoms with Crippen LogP contribution in [0.5, 0.6) is 0 Å². The lowest BCUT2D eigenvalue weighted by atomic mass is 10.1. The normalized spacial score (nSPS) is 11.1. The smallest absolute Gasteiger partial charge is 0.148 e. The number of nitrogen functional groups attached to an aromatic ring is 1. The number of halogens is 2. The number of nitrogens with two attached hydrogens (primary N) is 1. The van der Waals surface area contributed by atoms with E-state index in [1.807, 2.05) is 0 Å². The van der Waals surface area contributed by atoms with Crippen LogP contribution >= 0.6 is 11.6 Å². The standard InChI is InChI=1S/C10H11ClFNO/c11-8-5-7(3-1-2-4-14)10(13)9(12)6-8/h1,3,5-6,14H,2,4,13H2. The van der Waals surface area contributed by atoms with Crippen LogP contribution in [-0.2, 0) is 0 Å². The number of aliphatic hydroxyl groups is 1. The summed E-state index contributed by atoms with van der Waals surface area (Å²) in [4.78, 5) is 0. The highest BCUT2D eigenvalue weighted by Gasteiger charge is 2.03. The first-order chi connectivity index (χ1) is 6.65. The van der Waals surface area contributed by atoms with Gasteiger partial charge < -0.3 is 10.8 Å². The topological polar surface area (TPSA) is 46.2 Å². The Labute approximate surface area is 86.8 Å². The fraction of sp³-hybridized carbons (Fsp3) is 0.200. The Hall–Kier alpha value is -1.06. The van der Waals surface area contributed by atoms with Gasteiger partial charge in [0, 0.05) is 17.2 Å². The zero-order valence-electron chi connectivity index (χ0n) is 7.50. The third-order valence-electron chi connectivity index (χ3n) is 1.72. The van der Waals surface area contributed by atoms with Gasteiger partial charge in [-0.1, -0.05) is 23.8 Å². The number of rotatable bonds is 3. The van der Waals surface area contributed by atoms with Gasteiger partial charge in [0.25, 0.3) is 0 Å². The largest absolute Gasteiger partial charge is 0.396 e. The molecule has 0 bridgehead atoms. The zero-order chi connectivity index (χ0) is 10.6. The average Bonchev–Trinajstić information content (AvgIpc) is 2.13. The molecular formula is C10H11ClFNO. The molecule has 3 N–H and O–H groups in total. The lowest BCUT2D eigenvalue weighted by Gasteiger charge is -2.02. The molecule has 0 aliphatic heterocycles. The Balaban J connectivity index is 2.96. The second kappa shape index (κ2) is 4.98. The maximum absolute atomic E-state index is 13.1. The molecule has 4 heteroatoms. The van der Waals surface area contributed by atoms with Crippen molar-refractivity contribution in [3.8, 4) is 0 Å². The van der Waals surface area contributed by atoms with E-state index in [0.717, 1.165) is 0 Å². The number of anilines is 1. The van der Waals surface area contributed by atoms with Crippen LogP contribution in [0.15, 0.2) is 18.2 Å². The fourth-order valence-corrected chi connectivity index (χ4v) is 1.24. The summed E-state index contributed by atoms with van der Waals surface area (Å²) in [6, 6.07) is 2.74. The number of hydrogen-bond donors (Lipinski definition) is 2. The minimum Gasteiger partial charge on any atom is -0.396 e. The quantitative estimate of drug-likeness (QED) is 0.761. The molecule has 76 valence electrons. The Kier molecular flexibility index (Phi) is 3.92. The van der Waals surface area contributed by atoms with E-state index >= 15 is 0 Å². The van der Waals surface area contributed by atoms with Crippen molar-refractivity contribution in [2.24, 2.45) is 0 Å². The maximum atomic E-state index is 13.1. The third-order valence-corrected chi connectivity index (χ3v) is 1.94. The summed E-state index contributed by atoms with van der Waals surface area (Å²) in [5.74, 6) is -0.527. The Morgan fingerprint density at radius 3 is 2.86 bits per heavy atom. The monoisotopic (exact) mass is 215 g/mol. The zero-order valence-corrected chi connectivity index (χ0v) is 8.26. The molecule has 0 saturated carbocycles. The molecule has 14 heavy (non-hydrogen) atoms. The van der Waals surface area contributed by atoms with E-state index < -0.39 is 5.82 Å². The van der Waals surface area contributed by atoms with Crippen LogP contribution in [0.4, 0.5) is 10.1 Å². The third kappa shape index (κ3) is 2.72. The molecule has 1 aromatic carbocycles. The lowest BCUT2D eigenvalue weighted by Crippen LogP contribution is -1.94. The molecule has 2 nitrogen and oxygen atoms in total. The summed E-state index contributed by atoms with van der Waals surface area (Å²) in [7, 11) is 0. The van der Waals surface area contributed by atoms with Crippen molar-refractivity contribution in [3.05, 3.63) is 34.6 Å². The number of benzene rings is 1.